The molecule has 1 atom stereocenters. The Morgan fingerprint density at radius 2 is 1.95 bits per heavy atom. The van der Waals surface area contributed by atoms with E-state index in [4.69, 9.17) is 4.74 Å². The molecule has 1 aliphatic heterocycles. The molecule has 1 aliphatic rings. The van der Waals surface area contributed by atoms with Gasteiger partial charge >= 0.3 is 0 Å². The summed E-state index contributed by atoms with van der Waals surface area (Å²) in [6, 6.07) is 16.1. The van der Waals surface area contributed by atoms with Crippen molar-refractivity contribution in [1.29, 1.82) is 0 Å². The lowest BCUT2D eigenvalue weighted by molar-refractivity contribution is 0.0545. The predicted octanol–water partition coefficient (Wildman–Crippen LogP) is 3.43. The lowest BCUT2D eigenvalue weighted by Gasteiger charge is -2.14. The van der Waals surface area contributed by atoms with Crippen LogP contribution in [0.4, 0.5) is 0 Å². The standard InChI is InChI=1S/C19H21NO2/c1-14(21)15-6-8-16(9-7-15)19-5-3-2-4-17(19)13-22-18-10-11-20-12-18/h2-9,18,20H,10-13H2,1H3. The largest absolute Gasteiger partial charge is 0.372 e. The molecule has 114 valence electrons. The van der Waals surface area contributed by atoms with Crippen molar-refractivity contribution in [2.45, 2.75) is 26.1 Å². The summed E-state index contributed by atoms with van der Waals surface area (Å²) < 4.78 is 6.00. The minimum atomic E-state index is 0.0944. The van der Waals surface area contributed by atoms with Crippen molar-refractivity contribution >= 4 is 5.78 Å². The van der Waals surface area contributed by atoms with Gasteiger partial charge in [0.15, 0.2) is 5.78 Å². The topological polar surface area (TPSA) is 38.3 Å². The van der Waals surface area contributed by atoms with Crippen LogP contribution in [0.15, 0.2) is 48.5 Å². The normalized spacial score (nSPS) is 17.6. The molecular formula is C19H21NO2. The number of hydrogen-bond acceptors (Lipinski definition) is 3. The molecule has 1 heterocycles. The van der Waals surface area contributed by atoms with Crippen molar-refractivity contribution < 1.29 is 9.53 Å². The zero-order valence-electron chi connectivity index (χ0n) is 12.8. The average Bonchev–Trinajstić information content (AvgIpc) is 3.07. The molecule has 3 rings (SSSR count). The average molecular weight is 295 g/mol. The SMILES string of the molecule is CC(=O)c1ccc(-c2ccccc2COC2CCNC2)cc1. The van der Waals surface area contributed by atoms with E-state index in [9.17, 15) is 4.79 Å². The summed E-state index contributed by atoms with van der Waals surface area (Å²) in [6.07, 6.45) is 1.39. The molecule has 0 radical (unpaired) electrons. The second-order valence-corrected chi connectivity index (χ2v) is 5.72. The molecular weight excluding hydrogens is 274 g/mol. The third-order valence-corrected chi connectivity index (χ3v) is 4.11. The van der Waals surface area contributed by atoms with Gasteiger partial charge in [-0.15, -0.1) is 0 Å². The number of ether oxygens (including phenoxy) is 1. The van der Waals surface area contributed by atoms with Crippen LogP contribution in [0.2, 0.25) is 0 Å². The van der Waals surface area contributed by atoms with Crippen molar-refractivity contribution in [2.24, 2.45) is 0 Å². The lowest BCUT2D eigenvalue weighted by Crippen LogP contribution is -2.16. The summed E-state index contributed by atoms with van der Waals surface area (Å²) in [4.78, 5) is 11.4. The molecule has 0 amide bonds. The number of benzene rings is 2. The molecule has 22 heavy (non-hydrogen) atoms. The van der Waals surface area contributed by atoms with Gasteiger partial charge < -0.3 is 10.1 Å². The summed E-state index contributed by atoms with van der Waals surface area (Å²) in [5, 5.41) is 3.31. The lowest BCUT2D eigenvalue weighted by atomic mass is 9.98. The van der Waals surface area contributed by atoms with E-state index in [1.165, 1.54) is 11.1 Å². The van der Waals surface area contributed by atoms with Crippen molar-refractivity contribution in [3.63, 3.8) is 0 Å². The summed E-state index contributed by atoms with van der Waals surface area (Å²) in [6.45, 7) is 4.19. The molecule has 1 unspecified atom stereocenters. The molecule has 0 aromatic heterocycles. The Bertz CT molecular complexity index is 643. The fourth-order valence-corrected chi connectivity index (χ4v) is 2.79. The zero-order valence-corrected chi connectivity index (χ0v) is 12.8. The molecule has 0 bridgehead atoms. The van der Waals surface area contributed by atoms with Crippen molar-refractivity contribution in [1.82, 2.24) is 5.32 Å². The van der Waals surface area contributed by atoms with Gasteiger partial charge in [-0.3, -0.25) is 4.79 Å². The van der Waals surface area contributed by atoms with Gasteiger partial charge in [0.2, 0.25) is 0 Å². The van der Waals surface area contributed by atoms with E-state index in [1.807, 2.05) is 36.4 Å². The molecule has 0 aliphatic carbocycles. The van der Waals surface area contributed by atoms with E-state index in [1.54, 1.807) is 6.92 Å². The highest BCUT2D eigenvalue weighted by Crippen LogP contribution is 2.25. The second kappa shape index (κ2) is 6.86. The van der Waals surface area contributed by atoms with Gasteiger partial charge in [0.25, 0.3) is 0 Å². The van der Waals surface area contributed by atoms with Crippen LogP contribution in [0.3, 0.4) is 0 Å². The molecule has 2 aromatic carbocycles. The van der Waals surface area contributed by atoms with Crippen LogP contribution in [-0.4, -0.2) is 25.0 Å². The summed E-state index contributed by atoms with van der Waals surface area (Å²) in [7, 11) is 0. The number of nitrogens with one attached hydrogen (secondary N) is 1. The van der Waals surface area contributed by atoms with Gasteiger partial charge in [0, 0.05) is 12.1 Å². The molecule has 1 N–H and O–H groups in total. The van der Waals surface area contributed by atoms with Crippen molar-refractivity contribution in [3.8, 4) is 11.1 Å². The van der Waals surface area contributed by atoms with Crippen LogP contribution in [0.5, 0.6) is 0 Å². The first-order chi connectivity index (χ1) is 10.7. The third kappa shape index (κ3) is 3.43. The fourth-order valence-electron chi connectivity index (χ4n) is 2.79. The first-order valence-electron chi connectivity index (χ1n) is 7.75. The van der Waals surface area contributed by atoms with E-state index in [0.29, 0.717) is 12.7 Å². The number of rotatable bonds is 5. The molecule has 0 saturated carbocycles. The highest BCUT2D eigenvalue weighted by molar-refractivity contribution is 5.94. The Morgan fingerprint density at radius 1 is 1.18 bits per heavy atom. The highest BCUT2D eigenvalue weighted by Gasteiger charge is 2.15. The molecule has 2 aromatic rings. The van der Waals surface area contributed by atoms with Gasteiger partial charge in [0.1, 0.15) is 0 Å². The first-order valence-corrected chi connectivity index (χ1v) is 7.75. The minimum absolute atomic E-state index is 0.0944. The van der Waals surface area contributed by atoms with Crippen LogP contribution in [0.1, 0.15) is 29.3 Å². The molecule has 3 heteroatoms. The Labute approximate surface area is 131 Å². The van der Waals surface area contributed by atoms with Gasteiger partial charge in [-0.2, -0.15) is 0 Å². The van der Waals surface area contributed by atoms with Crippen LogP contribution in [0, 0.1) is 0 Å². The molecule has 3 nitrogen and oxygen atoms in total. The van der Waals surface area contributed by atoms with E-state index in [0.717, 1.165) is 30.6 Å². The van der Waals surface area contributed by atoms with E-state index < -0.39 is 0 Å². The maximum Gasteiger partial charge on any atom is 0.159 e. The van der Waals surface area contributed by atoms with Crippen LogP contribution in [0.25, 0.3) is 11.1 Å². The molecule has 1 saturated heterocycles. The fraction of sp³-hybridized carbons (Fsp3) is 0.316. The molecule has 1 fully saturated rings. The second-order valence-electron chi connectivity index (χ2n) is 5.72. The smallest absolute Gasteiger partial charge is 0.159 e. The van der Waals surface area contributed by atoms with Crippen LogP contribution >= 0.6 is 0 Å². The zero-order chi connectivity index (χ0) is 15.4. The number of Topliss-reactive ketones (excluding diaryl/α,β-unsaturated/α-hetero) is 1. The molecule has 0 spiro atoms. The van der Waals surface area contributed by atoms with Gasteiger partial charge in [0.05, 0.1) is 12.7 Å². The maximum atomic E-state index is 11.4. The van der Waals surface area contributed by atoms with Crippen molar-refractivity contribution in [2.75, 3.05) is 13.1 Å². The van der Waals surface area contributed by atoms with Gasteiger partial charge in [-0.25, -0.2) is 0 Å². The van der Waals surface area contributed by atoms with E-state index >= 15 is 0 Å². The number of carbonyl (C=O) groups is 1. The van der Waals surface area contributed by atoms with Gasteiger partial charge in [-0.1, -0.05) is 48.5 Å². The number of ketones is 1. The van der Waals surface area contributed by atoms with Crippen LogP contribution in [-0.2, 0) is 11.3 Å². The minimum Gasteiger partial charge on any atom is -0.372 e. The van der Waals surface area contributed by atoms with E-state index in [2.05, 4.69) is 17.4 Å². The first kappa shape index (κ1) is 14.9. The monoisotopic (exact) mass is 295 g/mol. The highest BCUT2D eigenvalue weighted by atomic mass is 16.5. The van der Waals surface area contributed by atoms with Crippen molar-refractivity contribution in [3.05, 3.63) is 59.7 Å². The maximum absolute atomic E-state index is 11.4. The van der Waals surface area contributed by atoms with Gasteiger partial charge in [-0.05, 0) is 36.6 Å². The van der Waals surface area contributed by atoms with Crippen LogP contribution < -0.4 is 5.32 Å². The number of carbonyl (C=O) groups excluding carboxylic acids is 1. The predicted molar refractivity (Wildman–Crippen MR) is 87.9 cm³/mol. The third-order valence-electron chi connectivity index (χ3n) is 4.11. The summed E-state index contributed by atoms with van der Waals surface area (Å²) >= 11 is 0. The summed E-state index contributed by atoms with van der Waals surface area (Å²) in [5.74, 6) is 0.0944. The Morgan fingerprint density at radius 3 is 2.64 bits per heavy atom. The van der Waals surface area contributed by atoms with E-state index in [-0.39, 0.29) is 5.78 Å². The summed E-state index contributed by atoms with van der Waals surface area (Å²) in [5.41, 5.74) is 4.22. The Kier molecular flexibility index (Phi) is 4.66. The quantitative estimate of drug-likeness (QED) is 0.859. The Hall–Kier alpha value is -1.97. The Balaban J connectivity index is 1.79. The number of hydrogen-bond donors (Lipinski definition) is 1.